The van der Waals surface area contributed by atoms with E-state index in [1.54, 1.807) is 0 Å². The number of aliphatic hydroxyl groups is 2. The first-order chi connectivity index (χ1) is 17.3. The number of hydrogen-bond donors (Lipinski definition) is 3. The first-order valence-corrected chi connectivity index (χ1v) is 12.3. The van der Waals surface area contributed by atoms with Crippen LogP contribution in [-0.4, -0.2) is 77.0 Å². The third kappa shape index (κ3) is 5.80. The minimum atomic E-state index is -6.13. The van der Waals surface area contributed by atoms with Crippen LogP contribution in [0, 0.1) is 11.8 Å². The van der Waals surface area contributed by atoms with E-state index in [0.717, 1.165) is 10.5 Å². The molecule has 0 aromatic carbocycles. The highest BCUT2D eigenvalue weighted by atomic mass is 32.2. The standard InChI is InChI=1S/C22H23F6N5O4S/c1-19(2,34)6-5-14-11-15(20(35,21(23,24)25)22(26,27)28)12-31-18(14)32-7-9-33(10-8-32)38(36,37)16-3-4-17(29)30-13-16/h3-4,11-13,34-35H,7-10H2,1-2H3,(H2,29,30). The molecule has 0 aliphatic carbocycles. The van der Waals surface area contributed by atoms with Gasteiger partial charge in [-0.3, -0.25) is 0 Å². The molecule has 0 bridgehead atoms. The molecule has 2 aromatic rings. The smallest absolute Gasteiger partial charge is 0.384 e. The van der Waals surface area contributed by atoms with Gasteiger partial charge in [-0.15, -0.1) is 0 Å². The Bertz CT molecular complexity index is 1320. The maximum Gasteiger partial charge on any atom is 0.430 e. The largest absolute Gasteiger partial charge is 0.430 e. The molecule has 38 heavy (non-hydrogen) atoms. The molecular weight excluding hydrogens is 544 g/mol. The van der Waals surface area contributed by atoms with Crippen molar-refractivity contribution in [1.29, 1.82) is 0 Å². The minimum absolute atomic E-state index is 0.0476. The monoisotopic (exact) mass is 567 g/mol. The molecule has 1 fully saturated rings. The van der Waals surface area contributed by atoms with Gasteiger partial charge in [-0.25, -0.2) is 18.4 Å². The van der Waals surface area contributed by atoms with Gasteiger partial charge >= 0.3 is 12.4 Å². The SMILES string of the molecule is CC(C)(O)C#Cc1cc(C(O)(C(F)(F)F)C(F)(F)F)cnc1N1CCN(S(=O)(=O)c2ccc(N)nc2)CC1. The number of anilines is 2. The van der Waals surface area contributed by atoms with Crippen molar-refractivity contribution in [2.45, 2.75) is 42.3 Å². The number of halogens is 6. The molecule has 1 aliphatic heterocycles. The molecular formula is C22H23F6N5O4S. The van der Waals surface area contributed by atoms with Crippen LogP contribution in [0.4, 0.5) is 38.0 Å². The Morgan fingerprint density at radius 2 is 1.53 bits per heavy atom. The molecule has 9 nitrogen and oxygen atoms in total. The van der Waals surface area contributed by atoms with Crippen molar-refractivity contribution in [2.24, 2.45) is 0 Å². The molecule has 3 rings (SSSR count). The Kier molecular flexibility index (Phi) is 7.65. The molecule has 1 aliphatic rings. The van der Waals surface area contributed by atoms with Crippen molar-refractivity contribution in [2.75, 3.05) is 36.8 Å². The summed E-state index contributed by atoms with van der Waals surface area (Å²) < 4.78 is 107. The zero-order valence-electron chi connectivity index (χ0n) is 20.0. The Morgan fingerprint density at radius 3 is 2.00 bits per heavy atom. The third-order valence-corrected chi connectivity index (χ3v) is 7.43. The van der Waals surface area contributed by atoms with E-state index in [4.69, 9.17) is 5.73 Å². The Balaban J connectivity index is 1.98. The van der Waals surface area contributed by atoms with Crippen molar-refractivity contribution in [1.82, 2.24) is 14.3 Å². The fourth-order valence-electron chi connectivity index (χ4n) is 3.54. The maximum absolute atomic E-state index is 13.4. The molecule has 16 heteroatoms. The van der Waals surface area contributed by atoms with E-state index in [0.29, 0.717) is 6.07 Å². The summed E-state index contributed by atoms with van der Waals surface area (Å²) in [7, 11) is -3.96. The summed E-state index contributed by atoms with van der Waals surface area (Å²) in [6.45, 7) is 2.18. The highest BCUT2D eigenvalue weighted by Gasteiger charge is 2.71. The van der Waals surface area contributed by atoms with E-state index >= 15 is 0 Å². The van der Waals surface area contributed by atoms with E-state index in [2.05, 4.69) is 21.8 Å². The molecule has 0 radical (unpaired) electrons. The first kappa shape index (κ1) is 29.4. The van der Waals surface area contributed by atoms with Crippen molar-refractivity contribution in [3.8, 4) is 11.8 Å². The molecule has 0 spiro atoms. The average Bonchev–Trinajstić information content (AvgIpc) is 2.80. The van der Waals surface area contributed by atoms with Crippen molar-refractivity contribution < 1.29 is 45.0 Å². The fourth-order valence-corrected chi connectivity index (χ4v) is 4.91. The zero-order chi connectivity index (χ0) is 28.7. The van der Waals surface area contributed by atoms with Gasteiger partial charge in [-0.1, -0.05) is 11.8 Å². The number of nitrogen functional groups attached to an aromatic ring is 1. The van der Waals surface area contributed by atoms with Gasteiger partial charge in [0.1, 0.15) is 22.1 Å². The maximum atomic E-state index is 13.4. The Labute approximate surface area is 214 Å². The van der Waals surface area contributed by atoms with E-state index in [9.17, 15) is 45.0 Å². The quantitative estimate of drug-likeness (QED) is 0.378. The van der Waals surface area contributed by atoms with Crippen LogP contribution in [0.2, 0.25) is 0 Å². The lowest BCUT2D eigenvalue weighted by molar-refractivity contribution is -0.376. The van der Waals surface area contributed by atoms with Crippen LogP contribution in [0.3, 0.4) is 0 Å². The number of nitrogens with zero attached hydrogens (tertiary/aromatic N) is 4. The van der Waals surface area contributed by atoms with Gasteiger partial charge in [-0.2, -0.15) is 30.6 Å². The van der Waals surface area contributed by atoms with Crippen LogP contribution in [-0.2, 0) is 15.6 Å². The normalized spacial score (nSPS) is 16.2. The average molecular weight is 568 g/mol. The predicted molar refractivity (Wildman–Crippen MR) is 123 cm³/mol. The first-order valence-electron chi connectivity index (χ1n) is 10.9. The minimum Gasteiger partial charge on any atom is -0.384 e. The highest BCUT2D eigenvalue weighted by molar-refractivity contribution is 7.89. The molecule has 3 heterocycles. The lowest BCUT2D eigenvalue weighted by Gasteiger charge is -2.36. The summed E-state index contributed by atoms with van der Waals surface area (Å²) in [5.74, 6) is 4.61. The number of alkyl halides is 6. The van der Waals surface area contributed by atoms with Crippen LogP contribution in [0.25, 0.3) is 0 Å². The number of pyridine rings is 2. The van der Waals surface area contributed by atoms with Crippen LogP contribution < -0.4 is 10.6 Å². The Hall–Kier alpha value is -3.13. The summed E-state index contributed by atoms with van der Waals surface area (Å²) in [6.07, 6.45) is -10.9. The molecule has 0 atom stereocenters. The fraction of sp³-hybridized carbons (Fsp3) is 0.455. The highest BCUT2D eigenvalue weighted by Crippen LogP contribution is 2.50. The van der Waals surface area contributed by atoms with Gasteiger partial charge < -0.3 is 20.8 Å². The lowest BCUT2D eigenvalue weighted by atomic mass is 9.92. The molecule has 0 saturated carbocycles. The molecule has 1 saturated heterocycles. The Morgan fingerprint density at radius 1 is 0.947 bits per heavy atom. The number of aromatic nitrogens is 2. The second kappa shape index (κ2) is 9.88. The summed E-state index contributed by atoms with van der Waals surface area (Å²) in [5.41, 5.74) is -3.46. The van der Waals surface area contributed by atoms with Gasteiger partial charge in [0.15, 0.2) is 0 Å². The second-order valence-electron chi connectivity index (χ2n) is 8.92. The van der Waals surface area contributed by atoms with Crippen LogP contribution >= 0.6 is 0 Å². The van der Waals surface area contributed by atoms with Crippen molar-refractivity contribution >= 4 is 21.7 Å². The summed E-state index contributed by atoms with van der Waals surface area (Å²) in [4.78, 5) is 8.80. The van der Waals surface area contributed by atoms with E-state index < -0.39 is 44.7 Å². The van der Waals surface area contributed by atoms with Crippen LogP contribution in [0.15, 0.2) is 35.5 Å². The number of sulfonamides is 1. The molecule has 0 unspecified atom stereocenters. The van der Waals surface area contributed by atoms with Crippen LogP contribution in [0.1, 0.15) is 25.0 Å². The number of hydrogen-bond acceptors (Lipinski definition) is 8. The van der Waals surface area contributed by atoms with Gasteiger partial charge in [0.25, 0.3) is 5.60 Å². The molecule has 0 amide bonds. The van der Waals surface area contributed by atoms with Gasteiger partial charge in [0.2, 0.25) is 10.0 Å². The molecule has 4 N–H and O–H groups in total. The lowest BCUT2D eigenvalue weighted by Crippen LogP contribution is -2.54. The number of nitrogens with two attached hydrogens (primary N) is 1. The van der Waals surface area contributed by atoms with E-state index in [1.165, 1.54) is 30.9 Å². The number of piperazine rings is 1. The van der Waals surface area contributed by atoms with E-state index in [1.807, 2.05) is 0 Å². The predicted octanol–water partition coefficient (Wildman–Crippen LogP) is 2.00. The number of rotatable bonds is 4. The summed E-state index contributed by atoms with van der Waals surface area (Å²) in [5, 5.41) is 19.7. The van der Waals surface area contributed by atoms with Gasteiger partial charge in [0.05, 0.1) is 5.56 Å². The topological polar surface area (TPSA) is 133 Å². The zero-order valence-corrected chi connectivity index (χ0v) is 20.8. The second-order valence-corrected chi connectivity index (χ2v) is 10.9. The van der Waals surface area contributed by atoms with Gasteiger partial charge in [0, 0.05) is 44.1 Å². The van der Waals surface area contributed by atoms with Crippen LogP contribution in [0.5, 0.6) is 0 Å². The van der Waals surface area contributed by atoms with E-state index in [-0.39, 0.29) is 48.9 Å². The van der Waals surface area contributed by atoms with Gasteiger partial charge in [-0.05, 0) is 32.0 Å². The molecule has 208 valence electrons. The van der Waals surface area contributed by atoms with Crippen molar-refractivity contribution in [3.05, 3.63) is 41.7 Å². The molecule has 2 aromatic heterocycles. The summed E-state index contributed by atoms with van der Waals surface area (Å²) >= 11 is 0. The summed E-state index contributed by atoms with van der Waals surface area (Å²) in [6, 6.07) is 2.99. The van der Waals surface area contributed by atoms with Crippen molar-refractivity contribution in [3.63, 3.8) is 0 Å². The third-order valence-electron chi connectivity index (χ3n) is 5.54.